The molecule has 0 aliphatic rings. The van der Waals surface area contributed by atoms with Crippen LogP contribution in [0.4, 0.5) is 4.79 Å². The lowest BCUT2D eigenvalue weighted by Crippen LogP contribution is -2.69. The fourth-order valence-electron chi connectivity index (χ4n) is 1.77. The molecule has 2 amide bonds. The molecule has 0 bridgehead atoms. The number of amides is 2. The molecule has 0 unspecified atom stereocenters. The molecule has 11 heteroatoms. The summed E-state index contributed by atoms with van der Waals surface area (Å²) >= 11 is 0. The molecular weight excluding hydrogens is 316 g/mol. The van der Waals surface area contributed by atoms with Gasteiger partial charge in [0.25, 0.3) is 0 Å². The van der Waals surface area contributed by atoms with Crippen LogP contribution in [0.15, 0.2) is 0 Å². The predicted molar refractivity (Wildman–Crippen MR) is 79.1 cm³/mol. The van der Waals surface area contributed by atoms with Crippen molar-refractivity contribution in [2.24, 2.45) is 0 Å². The van der Waals surface area contributed by atoms with E-state index >= 15 is 0 Å². The molecular formula is C10H26N2O7Si2. The lowest BCUT2D eigenvalue weighted by molar-refractivity contribution is 0.0653. The van der Waals surface area contributed by atoms with Gasteiger partial charge in [0.15, 0.2) is 0 Å². The van der Waals surface area contributed by atoms with Crippen LogP contribution in [-0.4, -0.2) is 77.7 Å². The Morgan fingerprint density at radius 2 is 1.33 bits per heavy atom. The van der Waals surface area contributed by atoms with Gasteiger partial charge >= 0.3 is 24.0 Å². The largest absolute Gasteiger partial charge is 0.636 e. The van der Waals surface area contributed by atoms with E-state index in [4.69, 9.17) is 26.6 Å². The number of urea groups is 1. The Hall–Kier alpha value is -0.536. The van der Waals surface area contributed by atoms with E-state index in [0.29, 0.717) is 13.0 Å². The monoisotopic (exact) mass is 342 g/mol. The summed E-state index contributed by atoms with van der Waals surface area (Å²) in [5.74, 6) is 0. The third-order valence-corrected chi connectivity index (χ3v) is 7.63. The molecule has 126 valence electrons. The molecule has 0 aromatic rings. The van der Waals surface area contributed by atoms with Crippen LogP contribution in [0.2, 0.25) is 0 Å². The number of rotatable bonds is 10. The van der Waals surface area contributed by atoms with Gasteiger partial charge in [-0.05, 0) is 6.42 Å². The first-order chi connectivity index (χ1) is 9.94. The maximum Gasteiger partial charge on any atom is 0.636 e. The summed E-state index contributed by atoms with van der Waals surface area (Å²) in [6.07, 6.45) is 0.694. The van der Waals surface area contributed by atoms with Crippen molar-refractivity contribution < 1.29 is 31.4 Å². The van der Waals surface area contributed by atoms with E-state index in [0.717, 1.165) is 0 Å². The van der Waals surface area contributed by atoms with Gasteiger partial charge < -0.3 is 26.6 Å². The summed E-state index contributed by atoms with van der Waals surface area (Å²) in [7, 11) is 1.93. The highest BCUT2D eigenvalue weighted by Crippen LogP contribution is 2.15. The average molecular weight is 342 g/mol. The third-order valence-electron chi connectivity index (χ3n) is 2.86. The Bertz CT molecular complexity index is 297. The van der Waals surface area contributed by atoms with Crippen LogP contribution in [0.25, 0.3) is 0 Å². The summed E-state index contributed by atoms with van der Waals surface area (Å²) in [4.78, 5) is 15.2. The molecule has 0 heterocycles. The van der Waals surface area contributed by atoms with E-state index < -0.39 is 24.0 Å². The Morgan fingerprint density at radius 3 is 1.62 bits per heavy atom. The highest BCUT2D eigenvalue weighted by Gasteiger charge is 2.52. The fraction of sp³-hybridized carbons (Fsp3) is 0.900. The van der Waals surface area contributed by atoms with Crippen molar-refractivity contribution in [1.29, 1.82) is 0 Å². The Kier molecular flexibility index (Phi) is 9.23. The number of hydrogen-bond acceptors (Lipinski definition) is 7. The van der Waals surface area contributed by atoms with Crippen LogP contribution >= 0.6 is 0 Å². The smallest absolute Gasteiger partial charge is 0.360 e. The summed E-state index contributed by atoms with van der Waals surface area (Å²) in [6, 6.07) is -0.494. The average Bonchev–Trinajstić information content (AvgIpc) is 2.53. The number of carbonyl (C=O) groups excluding carboxylic acids is 1. The molecule has 9 nitrogen and oxygen atoms in total. The van der Waals surface area contributed by atoms with E-state index in [9.17, 15) is 4.79 Å². The number of hydrogen-bond donors (Lipinski definition) is 1. The molecule has 0 aliphatic carbocycles. The lowest BCUT2D eigenvalue weighted by Gasteiger charge is -2.36. The zero-order chi connectivity index (χ0) is 16.5. The SMILES string of the molecule is CCCN(C(=O)N[Si](OC)(OC)OC)[Si](OC)(OC)OC. The van der Waals surface area contributed by atoms with Crippen LogP contribution in [0, 0.1) is 0 Å². The number of nitrogens with zero attached hydrogens (tertiary/aromatic N) is 1. The molecule has 0 spiro atoms. The van der Waals surface area contributed by atoms with Gasteiger partial charge in [-0.3, -0.25) is 14.3 Å². The Morgan fingerprint density at radius 1 is 0.905 bits per heavy atom. The standard InChI is InChI=1S/C10H26N2O7Si2/c1-8-9-12(21(17-5,18-6)19-7)10(13)11-20(14-2,15-3)16-4/h8-9H2,1-7H3,(H,11,13). The van der Waals surface area contributed by atoms with Crippen LogP contribution in [0.5, 0.6) is 0 Å². The minimum atomic E-state index is -3.29. The van der Waals surface area contributed by atoms with Crippen LogP contribution in [0.3, 0.4) is 0 Å². The van der Waals surface area contributed by atoms with Crippen molar-refractivity contribution in [2.75, 3.05) is 49.2 Å². The molecule has 0 aliphatic heterocycles. The second-order valence-electron chi connectivity index (χ2n) is 3.89. The van der Waals surface area contributed by atoms with Gasteiger partial charge in [-0.15, -0.1) is 0 Å². The molecule has 0 saturated carbocycles. The second kappa shape index (κ2) is 9.47. The number of nitrogens with one attached hydrogen (secondary N) is 1. The molecule has 1 N–H and O–H groups in total. The summed E-state index contributed by atoms with van der Waals surface area (Å²) < 4.78 is 32.9. The minimum Gasteiger partial charge on any atom is -0.360 e. The van der Waals surface area contributed by atoms with Crippen LogP contribution in [0.1, 0.15) is 13.3 Å². The molecule has 0 aromatic carbocycles. The summed E-state index contributed by atoms with van der Waals surface area (Å²) in [6.45, 7) is 2.31. The first-order valence-electron chi connectivity index (χ1n) is 6.35. The van der Waals surface area contributed by atoms with Gasteiger partial charge in [-0.25, -0.2) is 0 Å². The van der Waals surface area contributed by atoms with E-state index in [2.05, 4.69) is 4.98 Å². The Balaban J connectivity index is 5.33. The van der Waals surface area contributed by atoms with Crippen molar-refractivity contribution >= 4 is 24.0 Å². The zero-order valence-corrected chi connectivity index (χ0v) is 15.7. The molecule has 21 heavy (non-hydrogen) atoms. The molecule has 0 rings (SSSR count). The highest BCUT2D eigenvalue weighted by molar-refractivity contribution is 6.64. The molecule has 0 fully saturated rings. The third kappa shape index (κ3) is 4.72. The van der Waals surface area contributed by atoms with Crippen molar-refractivity contribution in [3.63, 3.8) is 0 Å². The van der Waals surface area contributed by atoms with Crippen molar-refractivity contribution in [3.05, 3.63) is 0 Å². The van der Waals surface area contributed by atoms with Crippen LogP contribution in [-0.2, 0) is 26.6 Å². The molecule has 0 radical (unpaired) electrons. The van der Waals surface area contributed by atoms with E-state index in [-0.39, 0.29) is 0 Å². The lowest BCUT2D eigenvalue weighted by atomic mass is 10.5. The quantitative estimate of drug-likeness (QED) is 0.566. The van der Waals surface area contributed by atoms with E-state index in [1.54, 1.807) is 0 Å². The van der Waals surface area contributed by atoms with Crippen LogP contribution < -0.4 is 4.98 Å². The number of carbonyl (C=O) groups is 1. The first kappa shape index (κ1) is 20.5. The normalized spacial score (nSPS) is 12.3. The van der Waals surface area contributed by atoms with E-state index in [1.807, 2.05) is 6.92 Å². The van der Waals surface area contributed by atoms with Gasteiger partial charge in [0.2, 0.25) is 0 Å². The molecule has 0 saturated heterocycles. The molecule has 0 aromatic heterocycles. The van der Waals surface area contributed by atoms with Crippen molar-refractivity contribution in [2.45, 2.75) is 13.3 Å². The minimum absolute atomic E-state index is 0.384. The molecule has 0 atom stereocenters. The zero-order valence-electron chi connectivity index (χ0n) is 13.7. The van der Waals surface area contributed by atoms with Gasteiger partial charge in [0, 0.05) is 49.2 Å². The summed E-state index contributed by atoms with van der Waals surface area (Å²) in [5.41, 5.74) is 0. The summed E-state index contributed by atoms with van der Waals surface area (Å²) in [5, 5.41) is 0. The van der Waals surface area contributed by atoms with Gasteiger partial charge in [-0.2, -0.15) is 0 Å². The fourth-order valence-corrected chi connectivity index (χ4v) is 5.05. The van der Waals surface area contributed by atoms with Crippen molar-refractivity contribution in [3.8, 4) is 0 Å². The van der Waals surface area contributed by atoms with Gasteiger partial charge in [0.05, 0.1) is 0 Å². The topological polar surface area (TPSA) is 87.7 Å². The highest BCUT2D eigenvalue weighted by atomic mass is 28.4. The van der Waals surface area contributed by atoms with Crippen molar-refractivity contribution in [1.82, 2.24) is 9.55 Å². The second-order valence-corrected chi connectivity index (χ2v) is 9.29. The van der Waals surface area contributed by atoms with Gasteiger partial charge in [0.1, 0.15) is 0 Å². The van der Waals surface area contributed by atoms with Gasteiger partial charge in [-0.1, -0.05) is 6.92 Å². The van der Waals surface area contributed by atoms with E-state index in [1.165, 1.54) is 47.2 Å². The first-order valence-corrected chi connectivity index (χ1v) is 9.75. The maximum atomic E-state index is 12.6. The Labute approximate surface area is 128 Å². The maximum absolute atomic E-state index is 12.6. The predicted octanol–water partition coefficient (Wildman–Crippen LogP) is 0.158.